The normalized spacial score (nSPS) is 11.2. The zero-order valence-electron chi connectivity index (χ0n) is 13.0. The maximum Gasteiger partial charge on any atom is 0.280 e. The number of halogens is 3. The molecule has 0 bridgehead atoms. The summed E-state index contributed by atoms with van der Waals surface area (Å²) < 4.78 is 25.8. The number of hydrogen-bond donors (Lipinski definition) is 2. The molecule has 7 nitrogen and oxygen atoms in total. The lowest BCUT2D eigenvalue weighted by molar-refractivity contribution is 0.146. The number of rotatable bonds is 4. The van der Waals surface area contributed by atoms with Crippen LogP contribution in [0.2, 0.25) is 5.28 Å². The molecule has 0 atom stereocenters. The molecular formula is C16H10ClF2N7. The van der Waals surface area contributed by atoms with E-state index in [0.717, 1.165) is 0 Å². The average molecular weight is 374 g/mol. The van der Waals surface area contributed by atoms with E-state index in [2.05, 4.69) is 35.2 Å². The van der Waals surface area contributed by atoms with Gasteiger partial charge in [-0.25, -0.2) is 33.7 Å². The Balaban J connectivity index is 1.81. The van der Waals surface area contributed by atoms with Crippen molar-refractivity contribution in [2.75, 3.05) is 5.32 Å². The van der Waals surface area contributed by atoms with E-state index < -0.39 is 6.43 Å². The van der Waals surface area contributed by atoms with E-state index in [0.29, 0.717) is 22.7 Å². The molecule has 26 heavy (non-hydrogen) atoms. The fourth-order valence-corrected chi connectivity index (χ4v) is 2.52. The molecule has 130 valence electrons. The number of nitrogens with zero attached hydrogens (tertiary/aromatic N) is 5. The molecular weight excluding hydrogens is 364 g/mol. The van der Waals surface area contributed by atoms with Crippen molar-refractivity contribution in [1.29, 1.82) is 0 Å². The van der Waals surface area contributed by atoms with Crippen LogP contribution in [-0.4, -0.2) is 29.9 Å². The molecule has 4 rings (SSSR count). The Hall–Kier alpha value is -3.20. The maximum atomic E-state index is 12.9. The lowest BCUT2D eigenvalue weighted by Crippen LogP contribution is -2.02. The van der Waals surface area contributed by atoms with Crippen LogP contribution < -0.4 is 5.32 Å². The molecule has 0 fully saturated rings. The molecule has 0 saturated carbocycles. The van der Waals surface area contributed by atoms with E-state index >= 15 is 0 Å². The van der Waals surface area contributed by atoms with Crippen molar-refractivity contribution in [2.24, 2.45) is 0 Å². The summed E-state index contributed by atoms with van der Waals surface area (Å²) in [6, 6.07) is 7.73. The second-order valence-electron chi connectivity index (χ2n) is 5.22. The Labute approximate surface area is 150 Å². The van der Waals surface area contributed by atoms with Gasteiger partial charge in [0.1, 0.15) is 28.7 Å². The van der Waals surface area contributed by atoms with Crippen LogP contribution in [0, 0.1) is 0 Å². The first-order valence-electron chi connectivity index (χ1n) is 7.46. The highest BCUT2D eigenvalue weighted by Gasteiger charge is 2.15. The minimum atomic E-state index is -2.68. The lowest BCUT2D eigenvalue weighted by atomic mass is 10.2. The smallest absolute Gasteiger partial charge is 0.280 e. The van der Waals surface area contributed by atoms with E-state index in [1.54, 1.807) is 24.4 Å². The molecule has 0 aromatic carbocycles. The summed E-state index contributed by atoms with van der Waals surface area (Å²) in [7, 11) is 0. The van der Waals surface area contributed by atoms with Crippen LogP contribution in [0.1, 0.15) is 12.1 Å². The SMILES string of the molecule is FC(F)c1cccc(-c2nc(Nc3ccnc(Cl)n3)c3cc[nH]c3n2)n1. The highest BCUT2D eigenvalue weighted by atomic mass is 35.5. The third-order valence-electron chi connectivity index (χ3n) is 3.51. The van der Waals surface area contributed by atoms with E-state index in [4.69, 9.17) is 11.6 Å². The molecule has 0 saturated heterocycles. The number of alkyl halides is 2. The van der Waals surface area contributed by atoms with Gasteiger partial charge in [-0.1, -0.05) is 6.07 Å². The predicted molar refractivity (Wildman–Crippen MR) is 92.4 cm³/mol. The molecule has 0 radical (unpaired) electrons. The number of aromatic nitrogens is 6. The van der Waals surface area contributed by atoms with Crippen LogP contribution in [0.15, 0.2) is 42.7 Å². The van der Waals surface area contributed by atoms with Crippen molar-refractivity contribution in [3.05, 3.63) is 53.7 Å². The van der Waals surface area contributed by atoms with Gasteiger partial charge in [0.05, 0.1) is 5.39 Å². The highest BCUT2D eigenvalue weighted by molar-refractivity contribution is 6.28. The second kappa shape index (κ2) is 6.60. The van der Waals surface area contributed by atoms with Crippen LogP contribution in [0.3, 0.4) is 0 Å². The summed E-state index contributed by atoms with van der Waals surface area (Å²) in [6.07, 6.45) is 0.524. The van der Waals surface area contributed by atoms with E-state index in [9.17, 15) is 8.78 Å². The molecule has 0 aliphatic heterocycles. The second-order valence-corrected chi connectivity index (χ2v) is 5.56. The van der Waals surface area contributed by atoms with Crippen LogP contribution in [-0.2, 0) is 0 Å². The quantitative estimate of drug-likeness (QED) is 0.522. The predicted octanol–water partition coefficient (Wildman–Crippen LogP) is 4.14. The number of nitrogens with one attached hydrogen (secondary N) is 2. The molecule has 0 amide bonds. The summed E-state index contributed by atoms with van der Waals surface area (Å²) in [4.78, 5) is 23.6. The number of H-pyrrole nitrogens is 1. The Morgan fingerprint density at radius 1 is 1.04 bits per heavy atom. The summed E-state index contributed by atoms with van der Waals surface area (Å²) in [6.45, 7) is 0. The molecule has 4 aromatic rings. The Kier molecular flexibility index (Phi) is 4.13. The number of aromatic amines is 1. The summed E-state index contributed by atoms with van der Waals surface area (Å²) in [5.41, 5.74) is 0.430. The largest absolute Gasteiger partial charge is 0.346 e. The van der Waals surface area contributed by atoms with Crippen molar-refractivity contribution in [2.45, 2.75) is 6.43 Å². The summed E-state index contributed by atoms with van der Waals surface area (Å²) >= 11 is 5.80. The van der Waals surface area contributed by atoms with Gasteiger partial charge in [0.15, 0.2) is 5.82 Å². The number of pyridine rings is 1. The van der Waals surface area contributed by atoms with Crippen molar-refractivity contribution >= 4 is 34.3 Å². The van der Waals surface area contributed by atoms with Crippen molar-refractivity contribution in [1.82, 2.24) is 29.9 Å². The molecule has 0 aliphatic carbocycles. The Morgan fingerprint density at radius 3 is 2.73 bits per heavy atom. The molecule has 10 heteroatoms. The minimum Gasteiger partial charge on any atom is -0.346 e. The Bertz CT molecular complexity index is 1080. The van der Waals surface area contributed by atoms with E-state index in [1.807, 2.05) is 0 Å². The number of anilines is 2. The van der Waals surface area contributed by atoms with Crippen LogP contribution in [0.25, 0.3) is 22.6 Å². The fourth-order valence-electron chi connectivity index (χ4n) is 2.37. The first kappa shape index (κ1) is 16.3. The van der Waals surface area contributed by atoms with Gasteiger partial charge in [-0.15, -0.1) is 0 Å². The minimum absolute atomic E-state index is 0.0842. The first-order valence-corrected chi connectivity index (χ1v) is 7.84. The van der Waals surface area contributed by atoms with Crippen molar-refractivity contribution in [3.8, 4) is 11.5 Å². The van der Waals surface area contributed by atoms with Gasteiger partial charge in [0.25, 0.3) is 6.43 Å². The Morgan fingerprint density at radius 2 is 1.92 bits per heavy atom. The summed E-state index contributed by atoms with van der Waals surface area (Å²) in [5, 5.41) is 3.83. The van der Waals surface area contributed by atoms with Crippen LogP contribution in [0.4, 0.5) is 20.4 Å². The molecule has 4 aromatic heterocycles. The topological polar surface area (TPSA) is 92.3 Å². The third kappa shape index (κ3) is 3.16. The van der Waals surface area contributed by atoms with Gasteiger partial charge >= 0.3 is 0 Å². The van der Waals surface area contributed by atoms with Crippen LogP contribution >= 0.6 is 11.6 Å². The van der Waals surface area contributed by atoms with Gasteiger partial charge < -0.3 is 10.3 Å². The lowest BCUT2D eigenvalue weighted by Gasteiger charge is -2.09. The zero-order chi connectivity index (χ0) is 18.1. The number of hydrogen-bond acceptors (Lipinski definition) is 6. The van der Waals surface area contributed by atoms with E-state index in [1.165, 1.54) is 18.3 Å². The van der Waals surface area contributed by atoms with Crippen molar-refractivity contribution in [3.63, 3.8) is 0 Å². The standard InChI is InChI=1S/C16H10ClF2N7/c17-16-21-7-5-11(24-16)23-14-8-4-6-20-13(8)25-15(26-14)10-3-1-2-9(22-10)12(18)19/h1-7,12H,(H2,20,21,23,24,25,26). The van der Waals surface area contributed by atoms with E-state index in [-0.39, 0.29) is 22.5 Å². The third-order valence-corrected chi connectivity index (χ3v) is 3.69. The summed E-state index contributed by atoms with van der Waals surface area (Å²) in [5.74, 6) is 1.07. The monoisotopic (exact) mass is 373 g/mol. The molecule has 0 spiro atoms. The fraction of sp³-hybridized carbons (Fsp3) is 0.0625. The van der Waals surface area contributed by atoms with Crippen molar-refractivity contribution < 1.29 is 8.78 Å². The van der Waals surface area contributed by atoms with Gasteiger partial charge in [0.2, 0.25) is 5.28 Å². The highest BCUT2D eigenvalue weighted by Crippen LogP contribution is 2.27. The van der Waals surface area contributed by atoms with Gasteiger partial charge in [-0.2, -0.15) is 0 Å². The molecule has 2 N–H and O–H groups in total. The molecule has 4 heterocycles. The maximum absolute atomic E-state index is 12.9. The average Bonchev–Trinajstić information content (AvgIpc) is 3.11. The van der Waals surface area contributed by atoms with Gasteiger partial charge in [0, 0.05) is 12.4 Å². The van der Waals surface area contributed by atoms with Gasteiger partial charge in [-0.3, -0.25) is 0 Å². The molecule has 0 unspecified atom stereocenters. The number of fused-ring (bicyclic) bond motifs is 1. The molecule has 0 aliphatic rings. The first-order chi connectivity index (χ1) is 12.6. The van der Waals surface area contributed by atoms with Crippen LogP contribution in [0.5, 0.6) is 0 Å². The van der Waals surface area contributed by atoms with Gasteiger partial charge in [-0.05, 0) is 35.9 Å². The zero-order valence-corrected chi connectivity index (χ0v) is 13.7.